The fraction of sp³-hybridized carbons (Fsp3) is 0.167. The van der Waals surface area contributed by atoms with Crippen molar-refractivity contribution in [3.63, 3.8) is 0 Å². The first-order valence-corrected chi connectivity index (χ1v) is 15.7. The Morgan fingerprint density at radius 2 is 1.42 bits per heavy atom. The molecule has 0 aliphatic carbocycles. The number of aliphatic hydroxyl groups excluding tert-OH is 1. The quantitative estimate of drug-likeness (QED) is 0.135. The third-order valence-corrected chi connectivity index (χ3v) is 8.28. The van der Waals surface area contributed by atoms with Crippen molar-refractivity contribution >= 4 is 29.2 Å². The first kappa shape index (κ1) is 30.4. The van der Waals surface area contributed by atoms with Gasteiger partial charge < -0.3 is 30.0 Å². The Kier molecular flexibility index (Phi) is 10.0. The molecule has 0 radical (unpaired) electrons. The van der Waals surface area contributed by atoms with E-state index >= 15 is 0 Å². The number of nitrogens with zero attached hydrogens (tertiary/aromatic N) is 1. The third-order valence-electron chi connectivity index (χ3n) is 7.20. The van der Waals surface area contributed by atoms with Crippen LogP contribution in [0.15, 0.2) is 133 Å². The predicted octanol–water partition coefficient (Wildman–Crippen LogP) is 8.35. The number of nitrogens with one attached hydrogen (secondary N) is 2. The van der Waals surface area contributed by atoms with Crippen LogP contribution < -0.4 is 15.4 Å². The van der Waals surface area contributed by atoms with Gasteiger partial charge >= 0.3 is 6.03 Å². The third kappa shape index (κ3) is 8.49. The molecule has 45 heavy (non-hydrogen) atoms. The van der Waals surface area contributed by atoms with Crippen LogP contribution in [0.1, 0.15) is 35.5 Å². The number of benzene rings is 4. The van der Waals surface area contributed by atoms with Crippen LogP contribution in [-0.2, 0) is 16.1 Å². The molecule has 1 aliphatic rings. The highest BCUT2D eigenvalue weighted by atomic mass is 32.2. The van der Waals surface area contributed by atoms with Crippen LogP contribution in [0.3, 0.4) is 0 Å². The number of aliphatic hydroxyl groups is 1. The summed E-state index contributed by atoms with van der Waals surface area (Å²) in [5.74, 6) is 2.15. The van der Waals surface area contributed by atoms with E-state index in [1.54, 1.807) is 42.2 Å². The molecule has 3 atom stereocenters. The molecule has 228 valence electrons. The van der Waals surface area contributed by atoms with Crippen LogP contribution >= 0.6 is 11.8 Å². The minimum Gasteiger partial charge on any atom is -0.457 e. The number of thioether (sulfide) groups is 1. The minimum atomic E-state index is -0.588. The average molecular weight is 620 g/mol. The fourth-order valence-corrected chi connectivity index (χ4v) is 5.76. The summed E-state index contributed by atoms with van der Waals surface area (Å²) >= 11 is 1.65. The molecule has 0 saturated carbocycles. The lowest BCUT2D eigenvalue weighted by Crippen LogP contribution is -2.31. The number of ether oxygens (including phenoxy) is 3. The highest BCUT2D eigenvalue weighted by molar-refractivity contribution is 7.99. The Bertz CT molecular complexity index is 1650. The molecule has 2 amide bonds. The fourth-order valence-electron chi connectivity index (χ4n) is 4.88. The van der Waals surface area contributed by atoms with Crippen molar-refractivity contribution < 1.29 is 24.1 Å². The molecule has 1 saturated heterocycles. The summed E-state index contributed by atoms with van der Waals surface area (Å²) in [5, 5.41) is 16.1. The summed E-state index contributed by atoms with van der Waals surface area (Å²) in [6, 6.07) is 37.5. The zero-order chi connectivity index (χ0) is 30.8. The van der Waals surface area contributed by atoms with E-state index in [1.807, 2.05) is 97.1 Å². The van der Waals surface area contributed by atoms with Crippen molar-refractivity contribution in [2.75, 3.05) is 16.4 Å². The lowest BCUT2D eigenvalue weighted by Gasteiger charge is -2.36. The van der Waals surface area contributed by atoms with Crippen LogP contribution in [0.5, 0.6) is 11.5 Å². The van der Waals surface area contributed by atoms with Crippen LogP contribution in [0, 0.1) is 0 Å². The standard InChI is InChI=1S/C36H33N3O5S/c40-23-25-9-11-26(12-10-25)33-22-32(24-45-34-8-4-5-21-37-34)43-35(44-33)27-13-15-28(16-14-27)38-36(41)39-29-17-19-31(20-18-29)42-30-6-2-1-3-7-30/h1-21,32-33,35,40H,22-24H2,(H2,38,39,41). The smallest absolute Gasteiger partial charge is 0.323 e. The highest BCUT2D eigenvalue weighted by Gasteiger charge is 2.32. The van der Waals surface area contributed by atoms with E-state index in [1.165, 1.54) is 0 Å². The van der Waals surface area contributed by atoms with Crippen LogP contribution in [0.4, 0.5) is 16.2 Å². The van der Waals surface area contributed by atoms with E-state index in [0.717, 1.165) is 33.2 Å². The van der Waals surface area contributed by atoms with Crippen molar-refractivity contribution in [1.29, 1.82) is 0 Å². The molecule has 0 bridgehead atoms. The monoisotopic (exact) mass is 619 g/mol. The van der Waals surface area contributed by atoms with E-state index in [-0.39, 0.29) is 24.8 Å². The van der Waals surface area contributed by atoms with Crippen molar-refractivity contribution in [2.45, 2.75) is 36.6 Å². The van der Waals surface area contributed by atoms with Crippen LogP contribution in [0.2, 0.25) is 0 Å². The Hall–Kier alpha value is -4.67. The summed E-state index contributed by atoms with van der Waals surface area (Å²) in [5.41, 5.74) is 4.00. The maximum Gasteiger partial charge on any atom is 0.323 e. The van der Waals surface area contributed by atoms with Gasteiger partial charge in [-0.3, -0.25) is 0 Å². The summed E-state index contributed by atoms with van der Waals surface area (Å²) < 4.78 is 18.7. The van der Waals surface area contributed by atoms with Gasteiger partial charge in [-0.2, -0.15) is 0 Å². The van der Waals surface area contributed by atoms with E-state index in [0.29, 0.717) is 23.5 Å². The molecule has 3 N–H and O–H groups in total. The lowest BCUT2D eigenvalue weighted by atomic mass is 10.0. The van der Waals surface area contributed by atoms with E-state index in [4.69, 9.17) is 14.2 Å². The molecule has 4 aromatic carbocycles. The number of aromatic nitrogens is 1. The molecule has 5 aromatic rings. The van der Waals surface area contributed by atoms with Crippen molar-refractivity contribution in [1.82, 2.24) is 4.98 Å². The van der Waals surface area contributed by atoms with Gasteiger partial charge in [0, 0.05) is 35.3 Å². The number of para-hydroxylation sites is 1. The number of carbonyl (C=O) groups excluding carboxylic acids is 1. The summed E-state index contributed by atoms with van der Waals surface area (Å²) in [4.78, 5) is 17.1. The highest BCUT2D eigenvalue weighted by Crippen LogP contribution is 2.39. The molecule has 6 rings (SSSR count). The number of hydrogen-bond donors (Lipinski definition) is 3. The molecule has 1 fully saturated rings. The van der Waals surface area contributed by atoms with Crippen LogP contribution in [-0.4, -0.2) is 28.0 Å². The number of rotatable bonds is 10. The van der Waals surface area contributed by atoms with E-state index in [2.05, 4.69) is 15.6 Å². The molecular weight excluding hydrogens is 586 g/mol. The number of carbonyl (C=O) groups is 1. The van der Waals surface area contributed by atoms with Gasteiger partial charge in [0.05, 0.1) is 23.8 Å². The molecule has 1 aliphatic heterocycles. The first-order chi connectivity index (χ1) is 22.1. The second-order valence-electron chi connectivity index (χ2n) is 10.5. The Morgan fingerprint density at radius 3 is 2.09 bits per heavy atom. The number of anilines is 2. The van der Waals surface area contributed by atoms with Gasteiger partial charge in [0.1, 0.15) is 11.5 Å². The normalized spacial score (nSPS) is 17.8. The minimum absolute atomic E-state index is 0.00468. The second kappa shape index (κ2) is 14.9. The Morgan fingerprint density at radius 1 is 0.778 bits per heavy atom. The molecule has 2 heterocycles. The van der Waals surface area contributed by atoms with Gasteiger partial charge in [-0.25, -0.2) is 9.78 Å². The van der Waals surface area contributed by atoms with Gasteiger partial charge in [0.25, 0.3) is 0 Å². The molecule has 8 nitrogen and oxygen atoms in total. The molecule has 1 aromatic heterocycles. The van der Waals surface area contributed by atoms with Gasteiger partial charge in [-0.15, -0.1) is 11.8 Å². The zero-order valence-corrected chi connectivity index (χ0v) is 25.2. The van der Waals surface area contributed by atoms with Crippen molar-refractivity contribution in [3.05, 3.63) is 144 Å². The summed E-state index contributed by atoms with van der Waals surface area (Å²) in [7, 11) is 0. The van der Waals surface area contributed by atoms with E-state index in [9.17, 15) is 9.90 Å². The molecule has 3 unspecified atom stereocenters. The molecule has 9 heteroatoms. The number of amides is 2. The van der Waals surface area contributed by atoms with Crippen molar-refractivity contribution in [3.8, 4) is 11.5 Å². The number of urea groups is 1. The first-order valence-electron chi connectivity index (χ1n) is 14.7. The predicted molar refractivity (Wildman–Crippen MR) is 175 cm³/mol. The molecular formula is C36H33N3O5S. The van der Waals surface area contributed by atoms with Gasteiger partial charge in [-0.05, 0) is 71.8 Å². The Balaban J connectivity index is 1.08. The van der Waals surface area contributed by atoms with Crippen LogP contribution in [0.25, 0.3) is 0 Å². The second-order valence-corrected chi connectivity index (χ2v) is 11.5. The van der Waals surface area contributed by atoms with Gasteiger partial charge in [0.2, 0.25) is 0 Å². The zero-order valence-electron chi connectivity index (χ0n) is 24.4. The average Bonchev–Trinajstić information content (AvgIpc) is 3.09. The molecule has 0 spiro atoms. The van der Waals surface area contributed by atoms with E-state index < -0.39 is 6.29 Å². The Labute approximate surface area is 266 Å². The number of pyridine rings is 1. The summed E-state index contributed by atoms with van der Waals surface area (Å²) in [6.45, 7) is -0.00468. The van der Waals surface area contributed by atoms with Crippen molar-refractivity contribution in [2.24, 2.45) is 0 Å². The van der Waals surface area contributed by atoms with Gasteiger partial charge in [0.15, 0.2) is 6.29 Å². The maximum absolute atomic E-state index is 12.7. The summed E-state index contributed by atoms with van der Waals surface area (Å²) in [6.07, 6.45) is 1.63. The largest absolute Gasteiger partial charge is 0.457 e. The maximum atomic E-state index is 12.7. The number of hydrogen-bond acceptors (Lipinski definition) is 7. The SMILES string of the molecule is O=C(Nc1ccc(Oc2ccccc2)cc1)Nc1ccc(C2OC(CSc3ccccn3)CC(c3ccc(CO)cc3)O2)cc1. The van der Waals surface area contributed by atoms with Gasteiger partial charge in [-0.1, -0.05) is 60.7 Å². The topological polar surface area (TPSA) is 102 Å². The lowest BCUT2D eigenvalue weighted by molar-refractivity contribution is -0.245.